The summed E-state index contributed by atoms with van der Waals surface area (Å²) in [6.45, 7) is 10.8. The predicted molar refractivity (Wildman–Crippen MR) is 161 cm³/mol. The highest BCUT2D eigenvalue weighted by Gasteiger charge is 2.48. The summed E-state index contributed by atoms with van der Waals surface area (Å²) >= 11 is 0.975. The number of hydrogen-bond acceptors (Lipinski definition) is 9. The van der Waals surface area contributed by atoms with Gasteiger partial charge in [0.1, 0.15) is 22.1 Å². The van der Waals surface area contributed by atoms with E-state index in [4.69, 9.17) is 14.2 Å². The van der Waals surface area contributed by atoms with Crippen LogP contribution in [0.3, 0.4) is 0 Å². The molecule has 0 aliphatic carbocycles. The third-order valence-corrected chi connectivity index (χ3v) is 7.71. The zero-order valence-electron chi connectivity index (χ0n) is 24.5. The Morgan fingerprint density at radius 3 is 2.29 bits per heavy atom. The summed E-state index contributed by atoms with van der Waals surface area (Å²) in [5, 5.41) is 11.6. The van der Waals surface area contributed by atoms with Crippen LogP contribution in [0.1, 0.15) is 73.1 Å². The van der Waals surface area contributed by atoms with Gasteiger partial charge in [0.15, 0.2) is 5.13 Å². The molecule has 1 aromatic heterocycles. The van der Waals surface area contributed by atoms with Crippen molar-refractivity contribution in [3.63, 3.8) is 0 Å². The van der Waals surface area contributed by atoms with Crippen molar-refractivity contribution in [3.8, 4) is 11.5 Å². The second kappa shape index (κ2) is 13.7. The van der Waals surface area contributed by atoms with Crippen LogP contribution in [0.2, 0.25) is 0 Å². The summed E-state index contributed by atoms with van der Waals surface area (Å²) in [6.07, 6.45) is 1.92. The van der Waals surface area contributed by atoms with Gasteiger partial charge in [-0.1, -0.05) is 50.7 Å². The largest absolute Gasteiger partial charge is 0.507 e. The molecule has 0 spiro atoms. The Balaban J connectivity index is 1.78. The fraction of sp³-hybridized carbons (Fsp3) is 0.375. The highest BCUT2D eigenvalue weighted by atomic mass is 32.1. The van der Waals surface area contributed by atoms with E-state index in [1.54, 1.807) is 55.5 Å². The van der Waals surface area contributed by atoms with Crippen LogP contribution in [-0.2, 0) is 14.3 Å². The molecule has 1 N–H and O–H groups in total. The molecule has 1 saturated heterocycles. The van der Waals surface area contributed by atoms with E-state index in [0.717, 1.165) is 24.2 Å². The van der Waals surface area contributed by atoms with Gasteiger partial charge >= 0.3 is 11.9 Å². The van der Waals surface area contributed by atoms with Crippen LogP contribution in [0.25, 0.3) is 5.76 Å². The summed E-state index contributed by atoms with van der Waals surface area (Å²) in [7, 11) is 0. The van der Waals surface area contributed by atoms with Crippen molar-refractivity contribution in [3.05, 3.63) is 75.8 Å². The maximum atomic E-state index is 13.5. The molecule has 1 aliphatic heterocycles. The number of Topliss-reactive ketones (excluding diaryl/α,β-unsaturated/α-hetero) is 1. The van der Waals surface area contributed by atoms with Crippen molar-refractivity contribution in [2.75, 3.05) is 24.7 Å². The standard InChI is InChI=1S/C32H36N2O7S/c1-6-8-17-40-24-15-11-22(12-16-24)27(35)25-26(21-9-13-23(14-10-21)39-7-2)34(30(37)28(25)36)32-33-20(5)29(42-32)31(38)41-18-19(3)4/h9-16,19,26,35H,6-8,17-18H2,1-5H3/t26-/m1/s1. The summed E-state index contributed by atoms with van der Waals surface area (Å²) in [6, 6.07) is 12.7. The molecule has 1 aliphatic rings. The van der Waals surface area contributed by atoms with Crippen molar-refractivity contribution in [1.82, 2.24) is 4.98 Å². The summed E-state index contributed by atoms with van der Waals surface area (Å²) in [5.74, 6) is -1.16. The number of benzene rings is 2. The minimum atomic E-state index is -0.994. The molecule has 222 valence electrons. The molecule has 1 amide bonds. The van der Waals surface area contributed by atoms with Gasteiger partial charge in [-0.2, -0.15) is 0 Å². The van der Waals surface area contributed by atoms with E-state index in [2.05, 4.69) is 11.9 Å². The molecular weight excluding hydrogens is 556 g/mol. The van der Waals surface area contributed by atoms with Crippen LogP contribution in [0, 0.1) is 12.8 Å². The number of aryl methyl sites for hydroxylation is 1. The molecule has 0 unspecified atom stereocenters. The number of ether oxygens (including phenoxy) is 3. The number of unbranched alkanes of at least 4 members (excludes halogenated alkanes) is 1. The molecule has 2 heterocycles. The predicted octanol–water partition coefficient (Wildman–Crippen LogP) is 6.47. The first-order valence-electron chi connectivity index (χ1n) is 14.1. The maximum Gasteiger partial charge on any atom is 0.350 e. The molecule has 42 heavy (non-hydrogen) atoms. The normalized spacial score (nSPS) is 16.2. The van der Waals surface area contributed by atoms with Crippen LogP contribution in [0.5, 0.6) is 11.5 Å². The number of thiazole rings is 1. The van der Waals surface area contributed by atoms with Crippen molar-refractivity contribution in [1.29, 1.82) is 0 Å². The van der Waals surface area contributed by atoms with Crippen LogP contribution in [-0.4, -0.2) is 47.6 Å². The molecule has 0 bridgehead atoms. The highest BCUT2D eigenvalue weighted by molar-refractivity contribution is 7.17. The number of hydrogen-bond donors (Lipinski definition) is 1. The SMILES string of the molecule is CCCCOc1ccc(C(O)=C2C(=O)C(=O)N(c3nc(C)c(C(=O)OCC(C)C)s3)[C@@H]2c2ccc(OCC)cc2)cc1. The average Bonchev–Trinajstić information content (AvgIpc) is 3.48. The van der Waals surface area contributed by atoms with Crippen molar-refractivity contribution >= 4 is 39.9 Å². The Morgan fingerprint density at radius 2 is 1.67 bits per heavy atom. The highest BCUT2D eigenvalue weighted by Crippen LogP contribution is 2.44. The molecule has 10 heteroatoms. The zero-order chi connectivity index (χ0) is 30.4. The lowest BCUT2D eigenvalue weighted by Gasteiger charge is -2.23. The Morgan fingerprint density at radius 1 is 1.02 bits per heavy atom. The van der Waals surface area contributed by atoms with Crippen molar-refractivity contribution in [2.24, 2.45) is 5.92 Å². The van der Waals surface area contributed by atoms with Gasteiger partial charge in [0.25, 0.3) is 5.78 Å². The third-order valence-electron chi connectivity index (χ3n) is 6.57. The minimum Gasteiger partial charge on any atom is -0.507 e. The molecule has 2 aromatic carbocycles. The number of carbonyl (C=O) groups excluding carboxylic acids is 3. The molecule has 3 aromatic rings. The van der Waals surface area contributed by atoms with E-state index in [0.29, 0.717) is 41.5 Å². The van der Waals surface area contributed by atoms with Crippen LogP contribution < -0.4 is 14.4 Å². The van der Waals surface area contributed by atoms with Crippen LogP contribution in [0.4, 0.5) is 5.13 Å². The van der Waals surface area contributed by atoms with Crippen molar-refractivity contribution < 1.29 is 33.7 Å². The Bertz CT molecular complexity index is 1460. The topological polar surface area (TPSA) is 115 Å². The Kier molecular flexibility index (Phi) is 10.0. The zero-order valence-corrected chi connectivity index (χ0v) is 25.3. The molecule has 0 saturated carbocycles. The number of ketones is 1. The second-order valence-corrected chi connectivity index (χ2v) is 11.3. The first-order chi connectivity index (χ1) is 20.2. The number of carbonyl (C=O) groups is 3. The number of rotatable bonds is 12. The number of nitrogens with zero attached hydrogens (tertiary/aromatic N) is 2. The molecule has 0 radical (unpaired) electrons. The van der Waals surface area contributed by atoms with E-state index >= 15 is 0 Å². The fourth-order valence-electron chi connectivity index (χ4n) is 4.44. The molecule has 4 rings (SSSR count). The lowest BCUT2D eigenvalue weighted by atomic mass is 9.95. The quantitative estimate of drug-likeness (QED) is 0.0837. The number of aromatic nitrogens is 1. The van der Waals surface area contributed by atoms with Gasteiger partial charge in [-0.3, -0.25) is 14.5 Å². The monoisotopic (exact) mass is 592 g/mol. The molecule has 1 fully saturated rings. The van der Waals surface area contributed by atoms with Gasteiger partial charge in [0.2, 0.25) is 0 Å². The van der Waals surface area contributed by atoms with Gasteiger partial charge in [-0.15, -0.1) is 0 Å². The summed E-state index contributed by atoms with van der Waals surface area (Å²) in [5.41, 5.74) is 1.23. The summed E-state index contributed by atoms with van der Waals surface area (Å²) < 4.78 is 16.7. The Hall–Kier alpha value is -4.18. The fourth-order valence-corrected chi connectivity index (χ4v) is 5.43. The average molecular weight is 593 g/mol. The number of aliphatic hydroxyl groups is 1. The van der Waals surface area contributed by atoms with Gasteiger partial charge in [-0.25, -0.2) is 9.78 Å². The van der Waals surface area contributed by atoms with Crippen LogP contribution in [0.15, 0.2) is 54.1 Å². The second-order valence-electron chi connectivity index (χ2n) is 10.3. The molecule has 9 nitrogen and oxygen atoms in total. The number of anilines is 1. The number of amides is 1. The smallest absolute Gasteiger partial charge is 0.350 e. The third kappa shape index (κ3) is 6.65. The van der Waals surface area contributed by atoms with E-state index in [9.17, 15) is 19.5 Å². The first-order valence-corrected chi connectivity index (χ1v) is 14.9. The van der Waals surface area contributed by atoms with Gasteiger partial charge in [0.05, 0.1) is 37.1 Å². The summed E-state index contributed by atoms with van der Waals surface area (Å²) in [4.78, 5) is 45.8. The molecular formula is C32H36N2O7S. The van der Waals surface area contributed by atoms with E-state index in [1.165, 1.54) is 4.90 Å². The van der Waals surface area contributed by atoms with Gasteiger partial charge in [0, 0.05) is 5.56 Å². The maximum absolute atomic E-state index is 13.5. The minimum absolute atomic E-state index is 0.0828. The lowest BCUT2D eigenvalue weighted by Crippen LogP contribution is -2.29. The van der Waals surface area contributed by atoms with Gasteiger partial charge < -0.3 is 19.3 Å². The Labute approximate surface area is 249 Å². The van der Waals surface area contributed by atoms with E-state index in [-0.39, 0.29) is 33.9 Å². The van der Waals surface area contributed by atoms with Gasteiger partial charge in [-0.05, 0) is 68.1 Å². The molecule has 1 atom stereocenters. The first kappa shape index (κ1) is 30.8. The van der Waals surface area contributed by atoms with Crippen LogP contribution >= 0.6 is 11.3 Å². The lowest BCUT2D eigenvalue weighted by molar-refractivity contribution is -0.132. The van der Waals surface area contributed by atoms with E-state index in [1.807, 2.05) is 20.8 Å². The van der Waals surface area contributed by atoms with Crippen molar-refractivity contribution in [2.45, 2.75) is 53.5 Å². The number of aliphatic hydroxyl groups excluding tert-OH is 1. The van der Waals surface area contributed by atoms with E-state index < -0.39 is 23.7 Å². The number of esters is 1.